The summed E-state index contributed by atoms with van der Waals surface area (Å²) in [5.41, 5.74) is 4.90. The predicted molar refractivity (Wildman–Crippen MR) is 58.6 cm³/mol. The zero-order valence-electron chi connectivity index (χ0n) is 9.67. The molecule has 0 saturated heterocycles. The third-order valence-corrected chi connectivity index (χ3v) is 2.14. The van der Waals surface area contributed by atoms with Gasteiger partial charge in [0.05, 0.1) is 0 Å². The lowest BCUT2D eigenvalue weighted by atomic mass is 10.1. The van der Waals surface area contributed by atoms with Gasteiger partial charge in [0.25, 0.3) is 5.91 Å². The second kappa shape index (κ2) is 5.80. The third-order valence-electron chi connectivity index (χ3n) is 2.14. The van der Waals surface area contributed by atoms with Crippen LogP contribution in [0.25, 0.3) is 0 Å². The maximum absolute atomic E-state index is 11.6. The zero-order chi connectivity index (χ0) is 13.7. The Balaban J connectivity index is 2.63. The van der Waals surface area contributed by atoms with Crippen LogP contribution in [-0.4, -0.2) is 34.1 Å². The minimum atomic E-state index is -1.25. The molecule has 98 valence electrons. The van der Waals surface area contributed by atoms with E-state index in [-0.39, 0.29) is 18.5 Å². The average molecular weight is 255 g/mol. The topological polar surface area (TPSA) is 136 Å². The Kier molecular flexibility index (Phi) is 4.41. The van der Waals surface area contributed by atoms with Crippen molar-refractivity contribution in [3.8, 4) is 0 Å². The highest BCUT2D eigenvalue weighted by Crippen LogP contribution is 2.04. The molecule has 1 aromatic heterocycles. The van der Waals surface area contributed by atoms with Gasteiger partial charge in [0, 0.05) is 12.5 Å². The van der Waals surface area contributed by atoms with Crippen LogP contribution < -0.4 is 11.1 Å². The minimum Gasteiger partial charge on any atom is -0.480 e. The molecule has 0 aliphatic heterocycles. The fourth-order valence-corrected chi connectivity index (χ4v) is 1.25. The molecular weight excluding hydrogens is 242 g/mol. The molecule has 0 aliphatic rings. The molecule has 0 unspecified atom stereocenters. The summed E-state index contributed by atoms with van der Waals surface area (Å²) in [5, 5.41) is 14.6. The summed E-state index contributed by atoms with van der Waals surface area (Å²) in [6, 6.07) is 0.185. The number of hydrogen-bond acceptors (Lipinski definition) is 5. The van der Waals surface area contributed by atoms with Gasteiger partial charge in [-0.05, 0) is 13.3 Å². The Morgan fingerprint density at radius 2 is 2.22 bits per heavy atom. The number of rotatable bonds is 6. The van der Waals surface area contributed by atoms with Gasteiger partial charge in [-0.2, -0.15) is 0 Å². The first-order chi connectivity index (χ1) is 8.40. The van der Waals surface area contributed by atoms with Crippen molar-refractivity contribution in [1.29, 1.82) is 0 Å². The Morgan fingerprint density at radius 3 is 2.67 bits per heavy atom. The van der Waals surface area contributed by atoms with Crippen molar-refractivity contribution in [2.45, 2.75) is 25.8 Å². The number of aliphatic carboxylic acids is 1. The molecule has 1 aromatic rings. The fraction of sp³-hybridized carbons (Fsp3) is 0.400. The Bertz CT molecular complexity index is 468. The quantitative estimate of drug-likeness (QED) is 0.622. The lowest BCUT2D eigenvalue weighted by molar-refractivity contribution is -0.139. The minimum absolute atomic E-state index is 0.0159. The van der Waals surface area contributed by atoms with Gasteiger partial charge in [-0.25, -0.2) is 4.79 Å². The molecule has 0 bridgehead atoms. The first kappa shape index (κ1) is 13.7. The first-order valence-electron chi connectivity index (χ1n) is 5.15. The summed E-state index contributed by atoms with van der Waals surface area (Å²) in [4.78, 5) is 33.1. The Morgan fingerprint density at radius 1 is 1.56 bits per heavy atom. The lowest BCUT2D eigenvalue weighted by Gasteiger charge is -2.12. The van der Waals surface area contributed by atoms with Crippen LogP contribution in [0, 0.1) is 6.92 Å². The van der Waals surface area contributed by atoms with E-state index >= 15 is 0 Å². The van der Waals surface area contributed by atoms with Crippen LogP contribution in [0.1, 0.15) is 29.1 Å². The van der Waals surface area contributed by atoms with Crippen LogP contribution >= 0.6 is 0 Å². The van der Waals surface area contributed by atoms with Crippen LogP contribution in [0.4, 0.5) is 0 Å². The number of carbonyl (C=O) groups is 3. The molecule has 0 aliphatic carbocycles. The number of carboxylic acid groups (broad SMARTS) is 1. The number of hydrogen-bond donors (Lipinski definition) is 3. The number of aryl methyl sites for hydroxylation is 1. The number of amides is 2. The highest BCUT2D eigenvalue weighted by atomic mass is 16.5. The number of aromatic nitrogens is 1. The Labute approximate surface area is 102 Å². The van der Waals surface area contributed by atoms with Crippen molar-refractivity contribution in [3.63, 3.8) is 0 Å². The summed E-state index contributed by atoms with van der Waals surface area (Å²) in [6.45, 7) is 1.60. The maximum atomic E-state index is 11.6. The van der Waals surface area contributed by atoms with Crippen molar-refractivity contribution in [1.82, 2.24) is 10.5 Å². The van der Waals surface area contributed by atoms with Crippen LogP contribution in [0.2, 0.25) is 0 Å². The van der Waals surface area contributed by atoms with Gasteiger partial charge in [-0.15, -0.1) is 0 Å². The number of carboxylic acids is 1. The van der Waals surface area contributed by atoms with Crippen molar-refractivity contribution < 1.29 is 24.0 Å². The van der Waals surface area contributed by atoms with E-state index in [4.69, 9.17) is 15.4 Å². The van der Waals surface area contributed by atoms with Gasteiger partial charge in [-0.3, -0.25) is 9.59 Å². The van der Waals surface area contributed by atoms with E-state index < -0.39 is 23.8 Å². The predicted octanol–water partition coefficient (Wildman–Crippen LogP) is -0.568. The molecule has 4 N–H and O–H groups in total. The van der Waals surface area contributed by atoms with E-state index in [1.54, 1.807) is 6.92 Å². The highest BCUT2D eigenvalue weighted by Gasteiger charge is 2.22. The van der Waals surface area contributed by atoms with Crippen LogP contribution in [-0.2, 0) is 9.59 Å². The van der Waals surface area contributed by atoms with E-state index in [0.29, 0.717) is 5.76 Å². The summed E-state index contributed by atoms with van der Waals surface area (Å²) in [7, 11) is 0. The van der Waals surface area contributed by atoms with Crippen molar-refractivity contribution in [3.05, 3.63) is 17.5 Å². The number of carbonyl (C=O) groups excluding carboxylic acids is 2. The zero-order valence-corrected chi connectivity index (χ0v) is 9.67. The number of nitrogens with two attached hydrogens (primary N) is 1. The molecule has 8 nitrogen and oxygen atoms in total. The number of nitrogens with one attached hydrogen (secondary N) is 1. The molecule has 2 amide bonds. The van der Waals surface area contributed by atoms with Gasteiger partial charge < -0.3 is 20.7 Å². The SMILES string of the molecule is Cc1cc(C(=O)N[C@@H](CCC(N)=O)C(=O)O)no1. The normalized spacial score (nSPS) is 11.8. The molecule has 0 saturated carbocycles. The summed E-state index contributed by atoms with van der Waals surface area (Å²) >= 11 is 0. The van der Waals surface area contributed by atoms with E-state index in [1.807, 2.05) is 0 Å². The second-order valence-electron chi connectivity index (χ2n) is 3.69. The molecular formula is C10H13N3O5. The van der Waals surface area contributed by atoms with Crippen LogP contribution in [0.15, 0.2) is 10.6 Å². The molecule has 0 fully saturated rings. The van der Waals surface area contributed by atoms with Gasteiger partial charge in [-0.1, -0.05) is 5.16 Å². The van der Waals surface area contributed by atoms with E-state index in [2.05, 4.69) is 10.5 Å². The molecule has 18 heavy (non-hydrogen) atoms. The standard InChI is InChI=1S/C10H13N3O5/c1-5-4-7(13-18-5)9(15)12-6(10(16)17)2-3-8(11)14/h4,6H,2-3H2,1H3,(H2,11,14)(H,12,15)(H,16,17)/t6-/m0/s1. The third kappa shape index (κ3) is 3.89. The van der Waals surface area contributed by atoms with Gasteiger partial charge in [0.15, 0.2) is 5.69 Å². The highest BCUT2D eigenvalue weighted by molar-refractivity contribution is 5.95. The largest absolute Gasteiger partial charge is 0.480 e. The summed E-state index contributed by atoms with van der Waals surface area (Å²) in [6.07, 6.45) is -0.206. The Hall–Kier alpha value is -2.38. The van der Waals surface area contributed by atoms with Crippen LogP contribution in [0.5, 0.6) is 0 Å². The van der Waals surface area contributed by atoms with Crippen molar-refractivity contribution >= 4 is 17.8 Å². The molecule has 0 spiro atoms. The smallest absolute Gasteiger partial charge is 0.326 e. The maximum Gasteiger partial charge on any atom is 0.326 e. The van der Waals surface area contributed by atoms with Crippen LogP contribution in [0.3, 0.4) is 0 Å². The summed E-state index contributed by atoms with van der Waals surface area (Å²) < 4.78 is 4.69. The van der Waals surface area contributed by atoms with Gasteiger partial charge in [0.1, 0.15) is 11.8 Å². The average Bonchev–Trinajstić information content (AvgIpc) is 2.70. The monoisotopic (exact) mass is 255 g/mol. The molecule has 1 heterocycles. The lowest BCUT2D eigenvalue weighted by Crippen LogP contribution is -2.41. The molecule has 0 radical (unpaired) electrons. The van der Waals surface area contributed by atoms with E-state index in [1.165, 1.54) is 6.07 Å². The van der Waals surface area contributed by atoms with E-state index in [0.717, 1.165) is 0 Å². The molecule has 8 heteroatoms. The molecule has 0 aromatic carbocycles. The number of nitrogens with zero attached hydrogens (tertiary/aromatic N) is 1. The van der Waals surface area contributed by atoms with Gasteiger partial charge >= 0.3 is 5.97 Å². The second-order valence-corrected chi connectivity index (χ2v) is 3.69. The van der Waals surface area contributed by atoms with E-state index in [9.17, 15) is 14.4 Å². The first-order valence-corrected chi connectivity index (χ1v) is 5.15. The molecule has 1 atom stereocenters. The van der Waals surface area contributed by atoms with Crippen molar-refractivity contribution in [2.24, 2.45) is 5.73 Å². The molecule has 1 rings (SSSR count). The summed E-state index contributed by atoms with van der Waals surface area (Å²) in [5.74, 6) is -2.12. The van der Waals surface area contributed by atoms with Crippen molar-refractivity contribution in [2.75, 3.05) is 0 Å². The number of primary amides is 1. The van der Waals surface area contributed by atoms with Gasteiger partial charge in [0.2, 0.25) is 5.91 Å². The fourth-order valence-electron chi connectivity index (χ4n) is 1.25.